The summed E-state index contributed by atoms with van der Waals surface area (Å²) in [6.07, 6.45) is 3.80. The maximum absolute atomic E-state index is 12.3. The van der Waals surface area contributed by atoms with Gasteiger partial charge in [-0.3, -0.25) is 4.79 Å². The summed E-state index contributed by atoms with van der Waals surface area (Å²) in [6.45, 7) is 1.72. The van der Waals surface area contributed by atoms with Crippen LogP contribution in [-0.4, -0.2) is 28.7 Å². The number of piperidine rings is 1. The van der Waals surface area contributed by atoms with Crippen LogP contribution in [-0.2, 0) is 6.42 Å². The van der Waals surface area contributed by atoms with E-state index in [1.807, 2.05) is 35.0 Å². The highest BCUT2D eigenvalue weighted by molar-refractivity contribution is 6.36. The second kappa shape index (κ2) is 8.88. The first-order chi connectivity index (χ1) is 14.4. The summed E-state index contributed by atoms with van der Waals surface area (Å²) in [6, 6.07) is 12.8. The molecule has 1 aromatic heterocycles. The summed E-state index contributed by atoms with van der Waals surface area (Å²) in [5.74, 6) is 0.0254. The molecule has 0 spiro atoms. The molecule has 0 aliphatic carbocycles. The van der Waals surface area contributed by atoms with E-state index in [9.17, 15) is 4.79 Å². The van der Waals surface area contributed by atoms with Crippen molar-refractivity contribution in [2.45, 2.75) is 25.7 Å². The third-order valence-electron chi connectivity index (χ3n) is 5.25. The smallest absolute Gasteiger partial charge is 0.269 e. The normalized spacial score (nSPS) is 14.2. The number of carbonyl (C=O) groups is 1. The van der Waals surface area contributed by atoms with E-state index in [0.29, 0.717) is 32.9 Å². The van der Waals surface area contributed by atoms with Crippen molar-refractivity contribution in [2.24, 2.45) is 5.73 Å². The van der Waals surface area contributed by atoms with Gasteiger partial charge in [0.25, 0.3) is 5.91 Å². The zero-order chi connectivity index (χ0) is 21.3. The van der Waals surface area contributed by atoms with E-state index >= 15 is 0 Å². The molecule has 1 aliphatic rings. The molecule has 0 bridgehead atoms. The highest BCUT2D eigenvalue weighted by Crippen LogP contribution is 2.33. The van der Waals surface area contributed by atoms with Crippen LogP contribution in [0.4, 0.5) is 0 Å². The number of benzene rings is 2. The zero-order valence-corrected chi connectivity index (χ0v) is 18.5. The van der Waals surface area contributed by atoms with E-state index in [4.69, 9.17) is 40.5 Å². The van der Waals surface area contributed by atoms with Crippen LogP contribution < -0.4 is 10.7 Å². The fraction of sp³-hybridized carbons (Fsp3) is 0.273. The minimum absolute atomic E-state index is 0.247. The molecule has 3 aromatic rings. The Morgan fingerprint density at radius 2 is 1.63 bits per heavy atom. The molecule has 0 atom stereocenters. The van der Waals surface area contributed by atoms with Crippen LogP contribution in [0.25, 0.3) is 11.4 Å². The first-order valence-corrected chi connectivity index (χ1v) is 10.9. The molecule has 8 heteroatoms. The third-order valence-corrected chi connectivity index (χ3v) is 6.05. The average Bonchev–Trinajstić information content (AvgIpc) is 3.09. The Balaban J connectivity index is 1.90. The van der Waals surface area contributed by atoms with E-state index < -0.39 is 5.91 Å². The number of nitrogens with zero attached hydrogens (tertiary/aromatic N) is 3. The van der Waals surface area contributed by atoms with E-state index in [0.717, 1.165) is 37.2 Å². The van der Waals surface area contributed by atoms with E-state index in [1.54, 1.807) is 12.1 Å². The molecule has 2 aromatic carbocycles. The summed E-state index contributed by atoms with van der Waals surface area (Å²) >= 11 is 18.6. The number of hydrogen-bond acceptors (Lipinski definition) is 3. The molecular formula is C22H21Cl3N4O. The molecule has 0 saturated carbocycles. The molecule has 2 heterocycles. The number of nitrogens with two attached hydrogens (primary N) is 1. The van der Waals surface area contributed by atoms with Crippen LogP contribution >= 0.6 is 34.8 Å². The maximum atomic E-state index is 12.3. The Labute approximate surface area is 190 Å². The van der Waals surface area contributed by atoms with E-state index in [2.05, 4.69) is 9.99 Å². The van der Waals surface area contributed by atoms with Crippen molar-refractivity contribution in [3.8, 4) is 11.4 Å². The lowest BCUT2D eigenvalue weighted by atomic mass is 10.1. The fourth-order valence-electron chi connectivity index (χ4n) is 3.82. The molecule has 1 amide bonds. The topological polar surface area (TPSA) is 64.2 Å². The van der Waals surface area contributed by atoms with Crippen LogP contribution in [0, 0.1) is 0 Å². The van der Waals surface area contributed by atoms with Crippen molar-refractivity contribution in [1.29, 1.82) is 0 Å². The lowest BCUT2D eigenvalue weighted by Crippen LogP contribution is -2.40. The quantitative estimate of drug-likeness (QED) is 0.557. The zero-order valence-electron chi connectivity index (χ0n) is 16.2. The standard InChI is InChI=1S/C22H21Cl3N4O/c23-15-6-4-14(5-7-15)12-19-20(21(26)30)27-22(17-9-8-16(24)13-18(17)25)29(19)28-10-2-1-3-11-28/h4-9,13H,1-3,10-12H2,(H2,26,30). The number of aromatic nitrogens is 2. The number of hydrogen-bond donors (Lipinski definition) is 1. The van der Waals surface area contributed by atoms with Gasteiger partial charge >= 0.3 is 0 Å². The first-order valence-electron chi connectivity index (χ1n) is 9.80. The Morgan fingerprint density at radius 3 is 2.27 bits per heavy atom. The van der Waals surface area contributed by atoms with Gasteiger partial charge in [0.1, 0.15) is 0 Å². The van der Waals surface area contributed by atoms with Crippen molar-refractivity contribution in [3.63, 3.8) is 0 Å². The van der Waals surface area contributed by atoms with Gasteiger partial charge in [-0.15, -0.1) is 0 Å². The Bertz CT molecular complexity index is 1070. The minimum atomic E-state index is -0.568. The third kappa shape index (κ3) is 4.29. The van der Waals surface area contributed by atoms with Gasteiger partial charge in [0.15, 0.2) is 11.5 Å². The Hall–Kier alpha value is -2.21. The Kier molecular flexibility index (Phi) is 6.23. The van der Waals surface area contributed by atoms with Gasteiger partial charge in [-0.05, 0) is 55.2 Å². The van der Waals surface area contributed by atoms with Crippen molar-refractivity contribution in [1.82, 2.24) is 9.66 Å². The molecule has 1 fully saturated rings. The molecular weight excluding hydrogens is 443 g/mol. The lowest BCUT2D eigenvalue weighted by Gasteiger charge is -2.32. The number of primary amides is 1. The number of imidazole rings is 1. The van der Waals surface area contributed by atoms with Crippen LogP contribution in [0.1, 0.15) is 41.0 Å². The van der Waals surface area contributed by atoms with Gasteiger partial charge in [-0.2, -0.15) is 0 Å². The second-order valence-corrected chi connectivity index (χ2v) is 8.63. The molecule has 2 N–H and O–H groups in total. The molecule has 0 radical (unpaired) electrons. The molecule has 5 nitrogen and oxygen atoms in total. The summed E-state index contributed by atoms with van der Waals surface area (Å²) in [7, 11) is 0. The highest BCUT2D eigenvalue weighted by Gasteiger charge is 2.27. The van der Waals surface area contributed by atoms with Crippen molar-refractivity contribution < 1.29 is 4.79 Å². The van der Waals surface area contributed by atoms with Gasteiger partial charge in [-0.25, -0.2) is 9.66 Å². The van der Waals surface area contributed by atoms with Crippen molar-refractivity contribution >= 4 is 40.7 Å². The van der Waals surface area contributed by atoms with Crippen LogP contribution in [0.5, 0.6) is 0 Å². The SMILES string of the molecule is NC(=O)c1nc(-c2ccc(Cl)cc2Cl)n(N2CCCCC2)c1Cc1ccc(Cl)cc1. The summed E-state index contributed by atoms with van der Waals surface area (Å²) in [5, 5.41) is 3.89. The van der Waals surface area contributed by atoms with Gasteiger partial charge < -0.3 is 10.7 Å². The number of halogens is 3. The fourth-order valence-corrected chi connectivity index (χ4v) is 4.44. The monoisotopic (exact) mass is 462 g/mol. The predicted octanol–water partition coefficient (Wildman–Crippen LogP) is 5.32. The number of rotatable bonds is 5. The van der Waals surface area contributed by atoms with Crippen LogP contribution in [0.2, 0.25) is 15.1 Å². The first kappa shape index (κ1) is 21.0. The van der Waals surface area contributed by atoms with Crippen molar-refractivity contribution in [2.75, 3.05) is 18.1 Å². The van der Waals surface area contributed by atoms with E-state index in [1.165, 1.54) is 6.42 Å². The van der Waals surface area contributed by atoms with Crippen LogP contribution in [0.3, 0.4) is 0 Å². The molecule has 156 valence electrons. The maximum Gasteiger partial charge on any atom is 0.269 e. The van der Waals surface area contributed by atoms with Gasteiger partial charge in [0.2, 0.25) is 0 Å². The molecule has 30 heavy (non-hydrogen) atoms. The number of amides is 1. The largest absolute Gasteiger partial charge is 0.364 e. The predicted molar refractivity (Wildman–Crippen MR) is 122 cm³/mol. The van der Waals surface area contributed by atoms with E-state index in [-0.39, 0.29) is 5.69 Å². The average molecular weight is 464 g/mol. The molecule has 1 saturated heterocycles. The summed E-state index contributed by atoms with van der Waals surface area (Å²) in [4.78, 5) is 17.0. The Morgan fingerprint density at radius 1 is 0.967 bits per heavy atom. The van der Waals surface area contributed by atoms with Gasteiger partial charge in [0, 0.05) is 35.1 Å². The van der Waals surface area contributed by atoms with Crippen molar-refractivity contribution in [3.05, 3.63) is 74.5 Å². The van der Waals surface area contributed by atoms with Gasteiger partial charge in [0.05, 0.1) is 10.7 Å². The lowest BCUT2D eigenvalue weighted by molar-refractivity contribution is 0.0995. The number of carbonyl (C=O) groups excluding carboxylic acids is 1. The highest BCUT2D eigenvalue weighted by atomic mass is 35.5. The van der Waals surface area contributed by atoms with Gasteiger partial charge in [-0.1, -0.05) is 46.9 Å². The minimum Gasteiger partial charge on any atom is -0.364 e. The molecule has 1 aliphatic heterocycles. The molecule has 0 unspecified atom stereocenters. The summed E-state index contributed by atoms with van der Waals surface area (Å²) in [5.41, 5.74) is 8.44. The molecule has 4 rings (SSSR count). The second-order valence-electron chi connectivity index (χ2n) is 7.35. The summed E-state index contributed by atoms with van der Waals surface area (Å²) < 4.78 is 2.02. The van der Waals surface area contributed by atoms with Crippen LogP contribution in [0.15, 0.2) is 42.5 Å².